The Morgan fingerprint density at radius 2 is 2.00 bits per heavy atom. The number of sulfone groups is 1. The van der Waals surface area contributed by atoms with Gasteiger partial charge < -0.3 is 10.1 Å². The number of benzene rings is 1. The standard InChI is InChI=1S/C12H9N5O4S/c1-22(20,21)8-2-3-10-9(6-8)12(14-7-13-10)16-5-4-11(15-16)17(18)19/h2-7H,1H3. The summed E-state index contributed by atoms with van der Waals surface area (Å²) in [6, 6.07) is 5.65. The minimum atomic E-state index is -3.39. The van der Waals surface area contributed by atoms with Gasteiger partial charge in [0.2, 0.25) is 0 Å². The van der Waals surface area contributed by atoms with E-state index in [0.29, 0.717) is 10.9 Å². The smallest absolute Gasteiger partial charge is 0.358 e. The molecule has 0 N–H and O–H groups in total. The summed E-state index contributed by atoms with van der Waals surface area (Å²) < 4.78 is 24.5. The van der Waals surface area contributed by atoms with E-state index in [4.69, 9.17) is 0 Å². The molecule has 3 aromatic rings. The van der Waals surface area contributed by atoms with E-state index in [2.05, 4.69) is 15.1 Å². The van der Waals surface area contributed by atoms with Crippen molar-refractivity contribution in [3.63, 3.8) is 0 Å². The third-order valence-corrected chi connectivity index (χ3v) is 4.10. The predicted octanol–water partition coefficient (Wildman–Crippen LogP) is 1.13. The fraction of sp³-hybridized carbons (Fsp3) is 0.0833. The van der Waals surface area contributed by atoms with Gasteiger partial charge in [-0.05, 0) is 23.1 Å². The van der Waals surface area contributed by atoms with Crippen LogP contribution in [0.3, 0.4) is 0 Å². The monoisotopic (exact) mass is 319 g/mol. The van der Waals surface area contributed by atoms with Crippen molar-refractivity contribution in [2.75, 3.05) is 6.26 Å². The largest absolute Gasteiger partial charge is 0.390 e. The molecule has 0 amide bonds. The number of nitro groups is 1. The highest BCUT2D eigenvalue weighted by atomic mass is 32.2. The summed E-state index contributed by atoms with van der Waals surface area (Å²) in [6.07, 6.45) is 3.76. The molecule has 0 radical (unpaired) electrons. The second-order valence-electron chi connectivity index (χ2n) is 4.52. The van der Waals surface area contributed by atoms with Gasteiger partial charge >= 0.3 is 5.82 Å². The molecule has 0 aliphatic rings. The first kappa shape index (κ1) is 14.1. The van der Waals surface area contributed by atoms with Gasteiger partial charge in [0.1, 0.15) is 6.33 Å². The molecule has 2 heterocycles. The van der Waals surface area contributed by atoms with E-state index < -0.39 is 14.8 Å². The van der Waals surface area contributed by atoms with Crippen LogP contribution in [0, 0.1) is 10.1 Å². The van der Waals surface area contributed by atoms with Crippen LogP contribution < -0.4 is 0 Å². The molecule has 112 valence electrons. The molecule has 0 saturated heterocycles. The minimum Gasteiger partial charge on any atom is -0.358 e. The van der Waals surface area contributed by atoms with Crippen LogP contribution in [0.2, 0.25) is 0 Å². The highest BCUT2D eigenvalue weighted by molar-refractivity contribution is 7.90. The van der Waals surface area contributed by atoms with E-state index in [-0.39, 0.29) is 16.5 Å². The van der Waals surface area contributed by atoms with Gasteiger partial charge in [-0.3, -0.25) is 0 Å². The predicted molar refractivity (Wildman–Crippen MR) is 76.4 cm³/mol. The summed E-state index contributed by atoms with van der Waals surface area (Å²) in [5, 5.41) is 14.9. The summed E-state index contributed by atoms with van der Waals surface area (Å²) in [5.41, 5.74) is 0.510. The third-order valence-electron chi connectivity index (χ3n) is 2.99. The van der Waals surface area contributed by atoms with Crippen LogP contribution in [0.15, 0.2) is 41.7 Å². The molecule has 2 aromatic heterocycles. The second-order valence-corrected chi connectivity index (χ2v) is 6.54. The van der Waals surface area contributed by atoms with E-state index in [1.54, 1.807) is 6.07 Å². The van der Waals surface area contributed by atoms with Crippen LogP contribution in [-0.2, 0) is 9.84 Å². The van der Waals surface area contributed by atoms with Gasteiger partial charge in [-0.1, -0.05) is 0 Å². The zero-order valence-corrected chi connectivity index (χ0v) is 12.1. The van der Waals surface area contributed by atoms with Crippen molar-refractivity contribution in [3.8, 4) is 5.82 Å². The van der Waals surface area contributed by atoms with E-state index in [1.807, 2.05) is 0 Å². The molecule has 0 unspecified atom stereocenters. The Morgan fingerprint density at radius 3 is 2.64 bits per heavy atom. The van der Waals surface area contributed by atoms with Crippen molar-refractivity contribution < 1.29 is 13.3 Å². The molecule has 9 nitrogen and oxygen atoms in total. The molecular weight excluding hydrogens is 310 g/mol. The molecule has 0 spiro atoms. The van der Waals surface area contributed by atoms with Crippen molar-refractivity contribution in [2.24, 2.45) is 0 Å². The van der Waals surface area contributed by atoms with Crippen molar-refractivity contribution in [1.82, 2.24) is 19.7 Å². The lowest BCUT2D eigenvalue weighted by Gasteiger charge is -2.04. The van der Waals surface area contributed by atoms with E-state index >= 15 is 0 Å². The van der Waals surface area contributed by atoms with Crippen molar-refractivity contribution >= 4 is 26.6 Å². The SMILES string of the molecule is CS(=O)(=O)c1ccc2ncnc(-n3ccc([N+](=O)[O-])n3)c2c1. The van der Waals surface area contributed by atoms with Gasteiger partial charge in [0.25, 0.3) is 0 Å². The average Bonchev–Trinajstić information content (AvgIpc) is 2.95. The summed E-state index contributed by atoms with van der Waals surface area (Å²) in [7, 11) is -3.39. The molecule has 0 fully saturated rings. The quantitative estimate of drug-likeness (QED) is 0.524. The lowest BCUT2D eigenvalue weighted by molar-refractivity contribution is -0.389. The van der Waals surface area contributed by atoms with Gasteiger partial charge in [0, 0.05) is 11.6 Å². The topological polar surface area (TPSA) is 121 Å². The second kappa shape index (κ2) is 4.84. The molecule has 0 aliphatic carbocycles. The maximum atomic E-state index is 11.7. The maximum absolute atomic E-state index is 11.7. The first-order chi connectivity index (χ1) is 10.4. The van der Waals surface area contributed by atoms with E-state index in [1.165, 1.54) is 35.4 Å². The van der Waals surface area contributed by atoms with Crippen LogP contribution in [0.5, 0.6) is 0 Å². The molecule has 0 bridgehead atoms. The molecule has 22 heavy (non-hydrogen) atoms. The van der Waals surface area contributed by atoms with Gasteiger partial charge in [-0.2, -0.15) is 0 Å². The van der Waals surface area contributed by atoms with Crippen molar-refractivity contribution in [3.05, 3.63) is 46.9 Å². The zero-order chi connectivity index (χ0) is 15.9. The van der Waals surface area contributed by atoms with Crippen molar-refractivity contribution in [1.29, 1.82) is 0 Å². The van der Waals surface area contributed by atoms with Gasteiger partial charge in [0.05, 0.1) is 27.8 Å². The normalized spacial score (nSPS) is 11.7. The molecule has 0 atom stereocenters. The molecule has 0 saturated carbocycles. The molecule has 0 aliphatic heterocycles. The molecule has 10 heteroatoms. The number of hydrogen-bond acceptors (Lipinski definition) is 7. The fourth-order valence-electron chi connectivity index (χ4n) is 1.96. The summed E-state index contributed by atoms with van der Waals surface area (Å²) >= 11 is 0. The molecule has 3 rings (SSSR count). The Bertz CT molecular complexity index is 996. The lowest BCUT2D eigenvalue weighted by atomic mass is 10.2. The summed E-state index contributed by atoms with van der Waals surface area (Å²) in [6.45, 7) is 0. The Hall–Kier alpha value is -2.88. The number of fused-ring (bicyclic) bond motifs is 1. The lowest BCUT2D eigenvalue weighted by Crippen LogP contribution is -2.03. The fourth-order valence-corrected chi connectivity index (χ4v) is 2.61. The van der Waals surface area contributed by atoms with Crippen LogP contribution in [0.1, 0.15) is 0 Å². The van der Waals surface area contributed by atoms with E-state index in [0.717, 1.165) is 6.26 Å². The van der Waals surface area contributed by atoms with E-state index in [9.17, 15) is 18.5 Å². The number of aromatic nitrogens is 4. The van der Waals surface area contributed by atoms with Crippen LogP contribution in [0.25, 0.3) is 16.7 Å². The maximum Gasteiger partial charge on any atom is 0.390 e. The molecular formula is C12H9N5O4S. The summed E-state index contributed by atoms with van der Waals surface area (Å²) in [5.74, 6) is -0.0605. The van der Waals surface area contributed by atoms with Crippen LogP contribution >= 0.6 is 0 Å². The highest BCUT2D eigenvalue weighted by Crippen LogP contribution is 2.22. The number of hydrogen-bond donors (Lipinski definition) is 0. The number of rotatable bonds is 3. The first-order valence-electron chi connectivity index (χ1n) is 6.01. The Balaban J connectivity index is 2.26. The first-order valence-corrected chi connectivity index (χ1v) is 7.90. The minimum absolute atomic E-state index is 0.109. The van der Waals surface area contributed by atoms with Crippen molar-refractivity contribution in [2.45, 2.75) is 4.90 Å². The highest BCUT2D eigenvalue weighted by Gasteiger charge is 2.17. The van der Waals surface area contributed by atoms with Crippen LogP contribution in [-0.4, -0.2) is 39.3 Å². The third kappa shape index (κ3) is 2.39. The van der Waals surface area contributed by atoms with Gasteiger partial charge in [-0.15, -0.1) is 4.68 Å². The Kier molecular flexibility index (Phi) is 3.10. The molecule has 1 aromatic carbocycles. The van der Waals surface area contributed by atoms with Gasteiger partial charge in [0.15, 0.2) is 15.7 Å². The summed E-state index contributed by atoms with van der Waals surface area (Å²) in [4.78, 5) is 18.3. The Morgan fingerprint density at radius 1 is 1.23 bits per heavy atom. The Labute approximate surface area is 124 Å². The number of nitrogens with zero attached hydrogens (tertiary/aromatic N) is 5. The zero-order valence-electron chi connectivity index (χ0n) is 11.2. The van der Waals surface area contributed by atoms with Crippen LogP contribution in [0.4, 0.5) is 5.82 Å². The van der Waals surface area contributed by atoms with Gasteiger partial charge in [-0.25, -0.2) is 18.4 Å². The average molecular weight is 319 g/mol.